The molecule has 1 atom stereocenters. The summed E-state index contributed by atoms with van der Waals surface area (Å²) in [5.74, 6) is 0.737. The van der Waals surface area contributed by atoms with E-state index in [0.29, 0.717) is 18.1 Å². The van der Waals surface area contributed by atoms with Gasteiger partial charge in [0, 0.05) is 30.0 Å². The van der Waals surface area contributed by atoms with Gasteiger partial charge >= 0.3 is 0 Å². The number of halogens is 1. The van der Waals surface area contributed by atoms with Crippen LogP contribution in [-0.2, 0) is 17.9 Å². The Morgan fingerprint density at radius 1 is 1.15 bits per heavy atom. The Balaban J connectivity index is 1.52. The molecule has 134 valence electrons. The van der Waals surface area contributed by atoms with Gasteiger partial charge in [0.1, 0.15) is 5.76 Å². The van der Waals surface area contributed by atoms with Crippen molar-refractivity contribution < 1.29 is 9.21 Å². The van der Waals surface area contributed by atoms with E-state index in [-0.39, 0.29) is 11.9 Å². The molecule has 6 heteroatoms. The van der Waals surface area contributed by atoms with Gasteiger partial charge in [-0.25, -0.2) is 0 Å². The zero-order valence-corrected chi connectivity index (χ0v) is 15.0. The van der Waals surface area contributed by atoms with Crippen molar-refractivity contribution in [3.8, 4) is 0 Å². The van der Waals surface area contributed by atoms with Crippen LogP contribution in [0, 0.1) is 0 Å². The molecule has 1 unspecified atom stereocenters. The van der Waals surface area contributed by atoms with E-state index in [0.717, 1.165) is 24.4 Å². The van der Waals surface area contributed by atoms with Gasteiger partial charge in [-0.2, -0.15) is 0 Å². The second-order valence-electron chi connectivity index (χ2n) is 6.41. The first-order valence-electron chi connectivity index (χ1n) is 8.64. The molecule has 2 aromatic heterocycles. The summed E-state index contributed by atoms with van der Waals surface area (Å²) in [5.41, 5.74) is 2.32. The SMILES string of the molecule is O=C(CN1CCn2cccc2C1c1ccc(Cl)cc1)NCc1ccco1. The monoisotopic (exact) mass is 369 g/mol. The van der Waals surface area contributed by atoms with Crippen LogP contribution in [0.3, 0.4) is 0 Å². The summed E-state index contributed by atoms with van der Waals surface area (Å²) in [6.07, 6.45) is 3.70. The first kappa shape index (κ1) is 16.9. The Bertz CT molecular complexity index is 871. The maximum absolute atomic E-state index is 12.5. The van der Waals surface area contributed by atoms with Crippen LogP contribution >= 0.6 is 11.6 Å². The number of carbonyl (C=O) groups is 1. The molecule has 3 aromatic rings. The Kier molecular flexibility index (Phi) is 4.82. The standard InChI is InChI=1S/C20H20ClN3O2/c21-16-7-5-15(6-8-16)20-18-4-1-9-23(18)10-11-24(20)14-19(25)22-13-17-3-2-12-26-17/h1-9,12,20H,10-11,13-14H2,(H,22,25). The van der Waals surface area contributed by atoms with Crippen LogP contribution in [0.1, 0.15) is 23.1 Å². The van der Waals surface area contributed by atoms with Crippen molar-refractivity contribution in [1.82, 2.24) is 14.8 Å². The Morgan fingerprint density at radius 3 is 2.77 bits per heavy atom. The van der Waals surface area contributed by atoms with Crippen LogP contribution in [0.5, 0.6) is 0 Å². The molecule has 0 saturated heterocycles. The molecule has 1 aliphatic rings. The fourth-order valence-electron chi connectivity index (χ4n) is 3.47. The summed E-state index contributed by atoms with van der Waals surface area (Å²) in [7, 11) is 0. The van der Waals surface area contributed by atoms with Gasteiger partial charge in [0.25, 0.3) is 0 Å². The third-order valence-electron chi connectivity index (χ3n) is 4.71. The Labute approximate surface area is 157 Å². The normalized spacial score (nSPS) is 17.0. The number of fused-ring (bicyclic) bond motifs is 1. The van der Waals surface area contributed by atoms with Gasteiger partial charge in [0.2, 0.25) is 5.91 Å². The number of amides is 1. The third kappa shape index (κ3) is 3.54. The van der Waals surface area contributed by atoms with Crippen LogP contribution in [0.15, 0.2) is 65.4 Å². The van der Waals surface area contributed by atoms with Gasteiger partial charge in [-0.1, -0.05) is 23.7 Å². The van der Waals surface area contributed by atoms with Crippen LogP contribution in [0.2, 0.25) is 5.02 Å². The summed E-state index contributed by atoms with van der Waals surface area (Å²) >= 11 is 6.05. The van der Waals surface area contributed by atoms with E-state index in [1.807, 2.05) is 36.4 Å². The highest BCUT2D eigenvalue weighted by Gasteiger charge is 2.29. The molecule has 4 rings (SSSR count). The van der Waals surface area contributed by atoms with E-state index in [1.165, 1.54) is 5.69 Å². The zero-order valence-electron chi connectivity index (χ0n) is 14.3. The lowest BCUT2D eigenvalue weighted by Crippen LogP contribution is -2.44. The number of benzene rings is 1. The van der Waals surface area contributed by atoms with Gasteiger partial charge < -0.3 is 14.3 Å². The molecular formula is C20H20ClN3O2. The number of hydrogen-bond acceptors (Lipinski definition) is 3. The predicted octanol–water partition coefficient (Wildman–Crippen LogP) is 3.46. The molecule has 1 aliphatic heterocycles. The fraction of sp³-hybridized carbons (Fsp3) is 0.250. The van der Waals surface area contributed by atoms with E-state index in [4.69, 9.17) is 16.0 Å². The van der Waals surface area contributed by atoms with Gasteiger partial charge in [-0.3, -0.25) is 9.69 Å². The summed E-state index contributed by atoms with van der Waals surface area (Å²) in [4.78, 5) is 14.7. The lowest BCUT2D eigenvalue weighted by atomic mass is 10.00. The average molecular weight is 370 g/mol. The molecule has 0 radical (unpaired) electrons. The lowest BCUT2D eigenvalue weighted by Gasteiger charge is -2.36. The molecule has 0 bridgehead atoms. The van der Waals surface area contributed by atoms with Crippen LogP contribution in [0.4, 0.5) is 0 Å². The van der Waals surface area contributed by atoms with Gasteiger partial charge in [0.15, 0.2) is 0 Å². The van der Waals surface area contributed by atoms with E-state index in [9.17, 15) is 4.79 Å². The number of rotatable bonds is 5. The zero-order chi connectivity index (χ0) is 17.9. The molecule has 26 heavy (non-hydrogen) atoms. The molecule has 0 spiro atoms. The minimum Gasteiger partial charge on any atom is -0.467 e. The first-order valence-corrected chi connectivity index (χ1v) is 9.02. The van der Waals surface area contributed by atoms with E-state index in [1.54, 1.807) is 6.26 Å². The summed E-state index contributed by atoms with van der Waals surface area (Å²) in [6.45, 7) is 2.42. The van der Waals surface area contributed by atoms with Crippen molar-refractivity contribution >= 4 is 17.5 Å². The number of nitrogens with one attached hydrogen (secondary N) is 1. The topological polar surface area (TPSA) is 50.4 Å². The fourth-order valence-corrected chi connectivity index (χ4v) is 3.59. The van der Waals surface area contributed by atoms with Crippen molar-refractivity contribution in [2.75, 3.05) is 13.1 Å². The number of hydrogen-bond donors (Lipinski definition) is 1. The highest BCUT2D eigenvalue weighted by atomic mass is 35.5. The average Bonchev–Trinajstić information content (AvgIpc) is 3.32. The van der Waals surface area contributed by atoms with Crippen molar-refractivity contribution in [3.63, 3.8) is 0 Å². The molecule has 3 heterocycles. The van der Waals surface area contributed by atoms with E-state index < -0.39 is 0 Å². The second kappa shape index (κ2) is 7.40. The van der Waals surface area contributed by atoms with Crippen molar-refractivity contribution in [1.29, 1.82) is 0 Å². The molecule has 1 aromatic carbocycles. The van der Waals surface area contributed by atoms with Crippen molar-refractivity contribution in [2.24, 2.45) is 0 Å². The maximum Gasteiger partial charge on any atom is 0.234 e. The van der Waals surface area contributed by atoms with E-state index >= 15 is 0 Å². The number of nitrogens with zero attached hydrogens (tertiary/aromatic N) is 2. The van der Waals surface area contributed by atoms with Crippen LogP contribution in [0.25, 0.3) is 0 Å². The minimum atomic E-state index is -0.0135. The maximum atomic E-state index is 12.5. The molecule has 1 N–H and O–H groups in total. The third-order valence-corrected chi connectivity index (χ3v) is 4.96. The van der Waals surface area contributed by atoms with Gasteiger partial charge in [-0.05, 0) is 42.0 Å². The van der Waals surface area contributed by atoms with Crippen LogP contribution in [-0.4, -0.2) is 28.5 Å². The molecule has 0 saturated carbocycles. The van der Waals surface area contributed by atoms with Crippen LogP contribution < -0.4 is 5.32 Å². The second-order valence-corrected chi connectivity index (χ2v) is 6.84. The number of furan rings is 1. The molecule has 1 amide bonds. The minimum absolute atomic E-state index is 0.0135. The highest BCUT2D eigenvalue weighted by molar-refractivity contribution is 6.30. The Hall–Kier alpha value is -2.50. The number of carbonyl (C=O) groups excluding carboxylic acids is 1. The van der Waals surface area contributed by atoms with Crippen molar-refractivity contribution in [2.45, 2.75) is 19.1 Å². The molecule has 0 aliphatic carbocycles. The lowest BCUT2D eigenvalue weighted by molar-refractivity contribution is -0.123. The van der Waals surface area contributed by atoms with Gasteiger partial charge in [0.05, 0.1) is 25.4 Å². The first-order chi connectivity index (χ1) is 12.7. The summed E-state index contributed by atoms with van der Waals surface area (Å²) < 4.78 is 7.51. The predicted molar refractivity (Wildman–Crippen MR) is 99.9 cm³/mol. The van der Waals surface area contributed by atoms with Gasteiger partial charge in [-0.15, -0.1) is 0 Å². The smallest absolute Gasteiger partial charge is 0.234 e. The highest BCUT2D eigenvalue weighted by Crippen LogP contribution is 2.32. The quantitative estimate of drug-likeness (QED) is 0.749. The molecular weight excluding hydrogens is 350 g/mol. The number of aromatic nitrogens is 1. The molecule has 0 fully saturated rings. The Morgan fingerprint density at radius 2 is 2.00 bits per heavy atom. The summed E-state index contributed by atoms with van der Waals surface area (Å²) in [5, 5.41) is 3.64. The van der Waals surface area contributed by atoms with Crippen molar-refractivity contribution in [3.05, 3.63) is 83.0 Å². The summed E-state index contributed by atoms with van der Waals surface area (Å²) in [6, 6.07) is 15.7. The van der Waals surface area contributed by atoms with E-state index in [2.05, 4.69) is 33.1 Å². The largest absolute Gasteiger partial charge is 0.467 e. The molecule has 5 nitrogen and oxygen atoms in total.